The second-order valence-corrected chi connectivity index (χ2v) is 8.31. The van der Waals surface area contributed by atoms with Crippen LogP contribution in [0.25, 0.3) is 0 Å². The molecule has 1 N–H and O–H groups in total. The Morgan fingerprint density at radius 2 is 1.26 bits per heavy atom. The molecule has 0 amide bonds. The molecule has 0 aliphatic heterocycles. The largest absolute Gasteiger partial charge is 1.00 e. The van der Waals surface area contributed by atoms with E-state index in [4.69, 9.17) is 0 Å². The molecule has 0 spiro atoms. The first-order valence-corrected chi connectivity index (χ1v) is 10.5. The van der Waals surface area contributed by atoms with E-state index in [-0.39, 0.29) is 57.8 Å². The van der Waals surface area contributed by atoms with E-state index in [2.05, 4.69) is 6.92 Å². The van der Waals surface area contributed by atoms with E-state index in [1.807, 2.05) is 0 Å². The molecule has 134 valence electrons. The summed E-state index contributed by atoms with van der Waals surface area (Å²) in [7, 11) is -4.26. The van der Waals surface area contributed by atoms with Crippen LogP contribution in [0.4, 0.5) is 0 Å². The topological polar surface area (TPSA) is 77.4 Å². The van der Waals surface area contributed by atoms with E-state index in [0.717, 1.165) is 12.8 Å². The third-order valence-electron chi connectivity index (χ3n) is 4.24. The van der Waals surface area contributed by atoms with Gasteiger partial charge in [0.2, 0.25) is 0 Å². The quantitative estimate of drug-likeness (QED) is 0.267. The average molecular weight is 375 g/mol. The Bertz CT molecular complexity index is 347. The molecule has 0 aliphatic carbocycles. The SMILES string of the molecule is CCCCCCCCCCCCCC(O)CC(C)S(=O)(=O)[O-].[K+]. The van der Waals surface area contributed by atoms with Crippen molar-refractivity contribution in [2.24, 2.45) is 0 Å². The van der Waals surface area contributed by atoms with Crippen molar-refractivity contribution in [3.8, 4) is 0 Å². The maximum Gasteiger partial charge on any atom is 1.00 e. The molecule has 2 unspecified atom stereocenters. The zero-order chi connectivity index (χ0) is 16.8. The Morgan fingerprint density at radius 3 is 1.65 bits per heavy atom. The minimum Gasteiger partial charge on any atom is -0.748 e. The maximum absolute atomic E-state index is 10.8. The molecule has 0 saturated carbocycles. The Hall–Kier alpha value is 1.51. The number of hydrogen-bond acceptors (Lipinski definition) is 4. The Balaban J connectivity index is 0. The normalized spacial score (nSPS) is 14.3. The van der Waals surface area contributed by atoms with Gasteiger partial charge in [0.1, 0.15) is 0 Å². The molecule has 23 heavy (non-hydrogen) atoms. The van der Waals surface area contributed by atoms with Gasteiger partial charge in [0, 0.05) is 5.25 Å². The zero-order valence-corrected chi connectivity index (χ0v) is 19.4. The van der Waals surface area contributed by atoms with Gasteiger partial charge in [-0.3, -0.25) is 0 Å². The monoisotopic (exact) mass is 374 g/mol. The number of aliphatic hydroxyl groups is 1. The van der Waals surface area contributed by atoms with E-state index in [1.54, 1.807) is 0 Å². The number of unbranched alkanes of at least 4 members (excludes halogenated alkanes) is 10. The summed E-state index contributed by atoms with van der Waals surface area (Å²) in [5, 5.41) is 8.73. The fourth-order valence-corrected chi connectivity index (χ4v) is 3.12. The summed E-state index contributed by atoms with van der Waals surface area (Å²) in [6.45, 7) is 3.60. The smallest absolute Gasteiger partial charge is 0.748 e. The molecule has 0 radical (unpaired) electrons. The summed E-state index contributed by atoms with van der Waals surface area (Å²) < 4.78 is 32.3. The van der Waals surface area contributed by atoms with Crippen LogP contribution in [0.5, 0.6) is 0 Å². The van der Waals surface area contributed by atoms with Crippen LogP contribution in [0, 0.1) is 0 Å². The number of aliphatic hydroxyl groups excluding tert-OH is 1. The van der Waals surface area contributed by atoms with Gasteiger partial charge in [0.05, 0.1) is 16.2 Å². The van der Waals surface area contributed by atoms with Crippen LogP contribution in [0.15, 0.2) is 0 Å². The van der Waals surface area contributed by atoms with Crippen molar-refractivity contribution in [2.75, 3.05) is 0 Å². The minimum absolute atomic E-state index is 0. The first-order chi connectivity index (χ1) is 10.4. The summed E-state index contributed by atoms with van der Waals surface area (Å²) in [6.07, 6.45) is 13.7. The van der Waals surface area contributed by atoms with Crippen LogP contribution in [-0.4, -0.2) is 29.4 Å². The van der Waals surface area contributed by atoms with Crippen molar-refractivity contribution in [3.63, 3.8) is 0 Å². The van der Waals surface area contributed by atoms with E-state index in [1.165, 1.54) is 64.7 Å². The Kier molecular flexibility index (Phi) is 19.7. The van der Waals surface area contributed by atoms with Gasteiger partial charge in [-0.25, -0.2) is 8.42 Å². The van der Waals surface area contributed by atoms with E-state index < -0.39 is 21.5 Å². The predicted octanol–water partition coefficient (Wildman–Crippen LogP) is 1.38. The average Bonchev–Trinajstić information content (AvgIpc) is 2.43. The van der Waals surface area contributed by atoms with Gasteiger partial charge < -0.3 is 9.66 Å². The summed E-state index contributed by atoms with van der Waals surface area (Å²) in [6, 6.07) is 0. The molecule has 6 heteroatoms. The van der Waals surface area contributed by atoms with Gasteiger partial charge in [-0.2, -0.15) is 0 Å². The molecule has 0 bridgehead atoms. The molecule has 4 nitrogen and oxygen atoms in total. The van der Waals surface area contributed by atoms with Gasteiger partial charge in [0.15, 0.2) is 0 Å². The van der Waals surface area contributed by atoms with Crippen LogP contribution in [0.3, 0.4) is 0 Å². The van der Waals surface area contributed by atoms with E-state index in [9.17, 15) is 18.1 Å². The van der Waals surface area contributed by atoms with Crippen molar-refractivity contribution in [1.82, 2.24) is 0 Å². The molecular formula is C17H35KO4S. The number of hydrogen-bond donors (Lipinski definition) is 1. The fourth-order valence-electron chi connectivity index (χ4n) is 2.66. The molecule has 0 aliphatic rings. The molecule has 0 aromatic carbocycles. The molecule has 0 heterocycles. The summed E-state index contributed by atoms with van der Waals surface area (Å²) in [5.74, 6) is 0. The van der Waals surface area contributed by atoms with Crippen LogP contribution in [-0.2, 0) is 10.1 Å². The zero-order valence-electron chi connectivity index (χ0n) is 15.4. The van der Waals surface area contributed by atoms with Crippen molar-refractivity contribution in [1.29, 1.82) is 0 Å². The molecule has 2 atom stereocenters. The molecule has 0 saturated heterocycles. The fraction of sp³-hybridized carbons (Fsp3) is 1.00. The van der Waals surface area contributed by atoms with Crippen LogP contribution in [0.2, 0.25) is 0 Å². The van der Waals surface area contributed by atoms with Gasteiger partial charge in [-0.15, -0.1) is 0 Å². The number of rotatable bonds is 15. The van der Waals surface area contributed by atoms with E-state index >= 15 is 0 Å². The van der Waals surface area contributed by atoms with Gasteiger partial charge >= 0.3 is 51.4 Å². The third kappa shape index (κ3) is 18.1. The molecule has 0 aromatic heterocycles. The molecular weight excluding hydrogens is 339 g/mol. The minimum atomic E-state index is -4.26. The second kappa shape index (κ2) is 16.9. The van der Waals surface area contributed by atoms with Crippen molar-refractivity contribution in [3.05, 3.63) is 0 Å². The predicted molar refractivity (Wildman–Crippen MR) is 90.9 cm³/mol. The van der Waals surface area contributed by atoms with Gasteiger partial charge in [0.25, 0.3) is 0 Å². The summed E-state index contributed by atoms with van der Waals surface area (Å²) in [5.41, 5.74) is 0. The second-order valence-electron chi connectivity index (χ2n) is 6.52. The van der Waals surface area contributed by atoms with Crippen molar-refractivity contribution in [2.45, 2.75) is 109 Å². The summed E-state index contributed by atoms with van der Waals surface area (Å²) >= 11 is 0. The third-order valence-corrected chi connectivity index (χ3v) is 5.42. The molecule has 0 aromatic rings. The van der Waals surface area contributed by atoms with E-state index in [0.29, 0.717) is 6.42 Å². The van der Waals surface area contributed by atoms with Crippen molar-refractivity contribution >= 4 is 10.1 Å². The van der Waals surface area contributed by atoms with Crippen molar-refractivity contribution < 1.29 is 69.5 Å². The Labute approximate surface area is 186 Å². The van der Waals surface area contributed by atoms with Gasteiger partial charge in [-0.1, -0.05) is 77.6 Å². The summed E-state index contributed by atoms with van der Waals surface area (Å²) in [4.78, 5) is 0. The molecule has 0 rings (SSSR count). The van der Waals surface area contributed by atoms with Gasteiger partial charge in [-0.05, 0) is 19.8 Å². The van der Waals surface area contributed by atoms with Crippen LogP contribution < -0.4 is 51.4 Å². The first kappa shape index (κ1) is 26.7. The van der Waals surface area contributed by atoms with Crippen LogP contribution in [0.1, 0.15) is 97.3 Å². The Morgan fingerprint density at radius 1 is 0.870 bits per heavy atom. The maximum atomic E-state index is 10.8. The molecule has 0 fully saturated rings. The first-order valence-electron chi connectivity index (χ1n) is 9.00. The standard InChI is InChI=1S/C17H36O4S.K/c1-3-4-5-6-7-8-9-10-11-12-13-14-17(18)15-16(2)22(19,20)21;/h16-18H,3-15H2,1-2H3,(H,19,20,21);/q;+1/p-1. The van der Waals surface area contributed by atoms with Crippen LogP contribution >= 0.6 is 0 Å².